The lowest BCUT2D eigenvalue weighted by Crippen LogP contribution is -2.32. The largest absolute Gasteiger partial charge is 0.469 e. The number of nitrogens with one attached hydrogen (secondary N) is 1. The molecule has 15 heteroatoms. The molecule has 1 aliphatic carbocycles. The predicted octanol–water partition coefficient (Wildman–Crippen LogP) is 4.16. The van der Waals surface area contributed by atoms with Gasteiger partial charge in [0.25, 0.3) is 5.91 Å². The Morgan fingerprint density at radius 2 is 1.98 bits per heavy atom. The van der Waals surface area contributed by atoms with E-state index in [9.17, 15) is 23.2 Å². The van der Waals surface area contributed by atoms with Gasteiger partial charge >= 0.3 is 7.82 Å². The van der Waals surface area contributed by atoms with Gasteiger partial charge in [0.1, 0.15) is 29.3 Å². The Balaban J connectivity index is 1.58. The molecular weight excluding hydrogens is 667 g/mol. The third kappa shape index (κ3) is 7.56. The number of benzene rings is 2. The lowest BCUT2D eigenvalue weighted by molar-refractivity contribution is 0.0363. The second kappa shape index (κ2) is 12.5. The number of aliphatic hydroxyl groups excluding tert-OH is 1. The van der Waals surface area contributed by atoms with Gasteiger partial charge in [-0.2, -0.15) is 0 Å². The van der Waals surface area contributed by atoms with Crippen molar-refractivity contribution in [3.63, 3.8) is 0 Å². The van der Waals surface area contributed by atoms with Crippen LogP contribution in [0.3, 0.4) is 0 Å². The van der Waals surface area contributed by atoms with E-state index < -0.39 is 55.9 Å². The predicted molar refractivity (Wildman–Crippen MR) is 147 cm³/mol. The van der Waals surface area contributed by atoms with E-state index in [-0.39, 0.29) is 41.4 Å². The van der Waals surface area contributed by atoms with E-state index in [4.69, 9.17) is 15.5 Å². The normalized spacial score (nSPS) is 20.2. The van der Waals surface area contributed by atoms with Gasteiger partial charge in [-0.1, -0.05) is 6.07 Å². The summed E-state index contributed by atoms with van der Waals surface area (Å²) in [6.45, 7) is -0.716. The van der Waals surface area contributed by atoms with Crippen LogP contribution in [0.25, 0.3) is 11.3 Å². The summed E-state index contributed by atoms with van der Waals surface area (Å²) in [6.07, 6.45) is -0.199. The van der Waals surface area contributed by atoms with Crippen LogP contribution in [0.2, 0.25) is 0 Å². The number of nitrogen functional groups attached to an aromatic ring is 1. The number of carbonyl (C=O) groups is 1. The number of anilines is 1. The van der Waals surface area contributed by atoms with E-state index >= 15 is 4.39 Å². The van der Waals surface area contributed by atoms with Gasteiger partial charge in [-0.15, -0.1) is 0 Å². The van der Waals surface area contributed by atoms with Gasteiger partial charge in [0.2, 0.25) is 0 Å². The molecule has 0 unspecified atom stereocenters. The van der Waals surface area contributed by atoms with E-state index in [2.05, 4.69) is 19.8 Å². The molecule has 0 radical (unpaired) electrons. The molecule has 1 aromatic heterocycles. The van der Waals surface area contributed by atoms with E-state index in [1.54, 1.807) is 0 Å². The zero-order valence-corrected chi connectivity index (χ0v) is 23.7. The number of nitrogens with zero attached hydrogens (tertiary/aromatic N) is 2. The minimum Gasteiger partial charge on any atom is -0.390 e. The van der Waals surface area contributed by atoms with Crippen molar-refractivity contribution in [3.8, 4) is 11.3 Å². The molecule has 4 atom stereocenters. The highest BCUT2D eigenvalue weighted by Crippen LogP contribution is 2.38. The fraction of sp³-hybridized carbons (Fsp3) is 0.320. The van der Waals surface area contributed by atoms with Crippen LogP contribution in [0.15, 0.2) is 42.6 Å². The van der Waals surface area contributed by atoms with Crippen LogP contribution in [0.5, 0.6) is 0 Å². The molecule has 0 aliphatic heterocycles. The third-order valence-corrected chi connectivity index (χ3v) is 7.57. The number of aromatic nitrogens is 2. The number of hydrogen-bond acceptors (Lipinski definition) is 7. The summed E-state index contributed by atoms with van der Waals surface area (Å²) in [5, 5.41) is 12.1. The monoisotopic (exact) mass is 692 g/mol. The maximum absolute atomic E-state index is 15.2. The number of aliphatic hydroxyl groups is 1. The summed E-state index contributed by atoms with van der Waals surface area (Å²) in [6, 6.07) is 6.09. The Kier molecular flexibility index (Phi) is 9.47. The van der Waals surface area contributed by atoms with Crippen molar-refractivity contribution < 1.29 is 41.9 Å². The van der Waals surface area contributed by atoms with Crippen molar-refractivity contribution in [2.75, 3.05) is 12.3 Å². The smallest absolute Gasteiger partial charge is 0.390 e. The van der Waals surface area contributed by atoms with E-state index in [0.717, 1.165) is 12.1 Å². The van der Waals surface area contributed by atoms with Gasteiger partial charge in [-0.25, -0.2) is 27.7 Å². The molecule has 40 heavy (non-hydrogen) atoms. The number of amides is 1. The average molecular weight is 692 g/mol. The molecule has 3 aromatic rings. The molecule has 214 valence electrons. The number of hydrogen-bond donors (Lipinski definition) is 5. The van der Waals surface area contributed by atoms with Gasteiger partial charge in [0, 0.05) is 15.1 Å². The summed E-state index contributed by atoms with van der Waals surface area (Å²) in [7, 11) is -4.93. The molecule has 1 amide bonds. The van der Waals surface area contributed by atoms with E-state index in [1.807, 2.05) is 22.6 Å². The second-order valence-electron chi connectivity index (χ2n) is 9.33. The minimum atomic E-state index is -4.93. The lowest BCUT2D eigenvalue weighted by Gasteiger charge is -2.28. The zero-order valence-electron chi connectivity index (χ0n) is 20.7. The molecular formula is C25H25F3IN4O6P. The molecule has 0 saturated heterocycles. The average Bonchev–Trinajstić information content (AvgIpc) is 2.87. The Bertz CT molecular complexity index is 1440. The fourth-order valence-corrected chi connectivity index (χ4v) is 5.44. The fourth-order valence-electron chi connectivity index (χ4n) is 4.44. The van der Waals surface area contributed by atoms with Crippen LogP contribution < -0.4 is 11.1 Å². The molecule has 4 rings (SSSR count). The number of rotatable bonds is 8. The van der Waals surface area contributed by atoms with Crippen LogP contribution in [0, 0.1) is 15.2 Å². The molecule has 1 heterocycles. The van der Waals surface area contributed by atoms with Crippen LogP contribution in [-0.2, 0) is 9.09 Å². The number of phosphoric acid groups is 1. The summed E-state index contributed by atoms with van der Waals surface area (Å²) < 4.78 is 59.4. The first kappa shape index (κ1) is 30.3. The molecule has 0 spiro atoms. The number of phosphoric ester groups is 1. The number of carbonyl (C=O) groups excluding carboxylic acids is 1. The first-order chi connectivity index (χ1) is 18.8. The minimum absolute atomic E-state index is 0.0108. The molecule has 0 bridgehead atoms. The quantitative estimate of drug-likeness (QED) is 0.172. The highest BCUT2D eigenvalue weighted by molar-refractivity contribution is 14.1. The molecule has 1 fully saturated rings. The van der Waals surface area contributed by atoms with Crippen molar-refractivity contribution in [1.29, 1.82) is 0 Å². The second-order valence-corrected chi connectivity index (χ2v) is 11.8. The zero-order chi connectivity index (χ0) is 29.2. The number of nitrogens with two attached hydrogens (primary N) is 1. The van der Waals surface area contributed by atoms with Crippen molar-refractivity contribution in [2.45, 2.75) is 43.5 Å². The maximum Gasteiger partial charge on any atom is 0.469 e. The summed E-state index contributed by atoms with van der Waals surface area (Å²) in [4.78, 5) is 39.7. The van der Waals surface area contributed by atoms with Crippen molar-refractivity contribution >= 4 is 42.1 Å². The molecule has 10 nitrogen and oxygen atoms in total. The molecule has 6 N–H and O–H groups in total. The maximum atomic E-state index is 15.2. The highest BCUT2D eigenvalue weighted by Gasteiger charge is 2.31. The number of halogens is 4. The third-order valence-electron chi connectivity index (χ3n) is 6.46. The standard InChI is InChI=1S/C25H25F3IN4O6P/c26-15-5-14(6-16(29)9-15)21(11-39-40(36,37)38)33-25(35)17-3-1-13(8-18(17)27)23-24(30)31-10-20(32-23)12-2-4-22(34)19(28)7-12/h1,3,5-6,8-10,12,19,21-22,34H,2,4,7,11H2,(H2,30,31)(H,33,35)(H2,36,37,38)/t12-,19-,21-,22-/m1/s1. The van der Waals surface area contributed by atoms with Gasteiger partial charge in [0.15, 0.2) is 0 Å². The SMILES string of the molecule is Nc1ncc([C@@H]2CC[C@@H](O)[C@H](F)C2)nc1-c1ccc(C(=O)N[C@H](COP(=O)(O)O)c2cc(F)cc(I)c2)c(F)c1. The molecule has 1 aliphatic rings. The van der Waals surface area contributed by atoms with Crippen molar-refractivity contribution in [1.82, 2.24) is 15.3 Å². The Morgan fingerprint density at radius 3 is 2.62 bits per heavy atom. The van der Waals surface area contributed by atoms with Gasteiger partial charge in [-0.3, -0.25) is 9.32 Å². The van der Waals surface area contributed by atoms with Crippen LogP contribution in [0.4, 0.5) is 19.0 Å². The van der Waals surface area contributed by atoms with Gasteiger partial charge in [0.05, 0.1) is 36.2 Å². The summed E-state index contributed by atoms with van der Waals surface area (Å²) in [5.74, 6) is -2.89. The van der Waals surface area contributed by atoms with Crippen LogP contribution in [-0.4, -0.2) is 49.7 Å². The van der Waals surface area contributed by atoms with Crippen LogP contribution in [0.1, 0.15) is 52.8 Å². The molecule has 1 saturated carbocycles. The number of alkyl halides is 1. The van der Waals surface area contributed by atoms with Crippen molar-refractivity contribution in [3.05, 3.63) is 74.6 Å². The Hall–Kier alpha value is -2.62. The van der Waals surface area contributed by atoms with Crippen LogP contribution >= 0.6 is 30.4 Å². The first-order valence-corrected chi connectivity index (χ1v) is 14.6. The topological polar surface area (TPSA) is 168 Å². The van der Waals surface area contributed by atoms with E-state index in [1.165, 1.54) is 30.5 Å². The Morgan fingerprint density at radius 1 is 1.23 bits per heavy atom. The van der Waals surface area contributed by atoms with E-state index in [0.29, 0.717) is 15.7 Å². The first-order valence-electron chi connectivity index (χ1n) is 12.0. The Labute approximate surface area is 240 Å². The lowest BCUT2D eigenvalue weighted by atomic mass is 9.84. The summed E-state index contributed by atoms with van der Waals surface area (Å²) >= 11 is 1.83. The van der Waals surface area contributed by atoms with Gasteiger partial charge < -0.3 is 25.9 Å². The van der Waals surface area contributed by atoms with Gasteiger partial charge in [-0.05, 0) is 77.7 Å². The molecule has 2 aromatic carbocycles. The van der Waals surface area contributed by atoms with Crippen molar-refractivity contribution in [2.24, 2.45) is 0 Å². The summed E-state index contributed by atoms with van der Waals surface area (Å²) in [5.41, 5.74) is 6.48. The highest BCUT2D eigenvalue weighted by atomic mass is 127.